The SMILES string of the molecule is Cc1ccc(/C=C/c2ccc(N(c3ccccc3)c3ccc4c(c3)Oc3cc(N(C)c5ccccc5)ccc3N4c3ccccc3)cc2)cc1. The van der Waals surface area contributed by atoms with Gasteiger partial charge in [-0.2, -0.15) is 0 Å². The summed E-state index contributed by atoms with van der Waals surface area (Å²) in [6.07, 6.45) is 4.32. The maximum Gasteiger partial charge on any atom is 0.153 e. The zero-order valence-electron chi connectivity index (χ0n) is 28.1. The average Bonchev–Trinajstić information content (AvgIpc) is 3.18. The molecule has 0 amide bonds. The minimum absolute atomic E-state index is 0.789. The van der Waals surface area contributed by atoms with Crippen molar-refractivity contribution in [1.29, 1.82) is 0 Å². The lowest BCUT2D eigenvalue weighted by molar-refractivity contribution is 0.477. The molecule has 0 saturated heterocycles. The van der Waals surface area contributed by atoms with Crippen LogP contribution in [0.2, 0.25) is 0 Å². The van der Waals surface area contributed by atoms with E-state index in [9.17, 15) is 0 Å². The van der Waals surface area contributed by atoms with Gasteiger partial charge in [-0.1, -0.05) is 109 Å². The van der Waals surface area contributed by atoms with Crippen LogP contribution < -0.4 is 19.4 Å². The van der Waals surface area contributed by atoms with Crippen molar-refractivity contribution in [3.05, 3.63) is 193 Å². The highest BCUT2D eigenvalue weighted by atomic mass is 16.5. The highest BCUT2D eigenvalue weighted by molar-refractivity contribution is 5.90. The van der Waals surface area contributed by atoms with Crippen molar-refractivity contribution in [2.75, 3.05) is 21.7 Å². The van der Waals surface area contributed by atoms with Gasteiger partial charge in [0.2, 0.25) is 0 Å². The largest absolute Gasteiger partial charge is 0.453 e. The molecule has 1 heterocycles. The summed E-state index contributed by atoms with van der Waals surface area (Å²) in [6.45, 7) is 2.11. The van der Waals surface area contributed by atoms with E-state index in [2.05, 4.69) is 205 Å². The molecule has 0 radical (unpaired) electrons. The fourth-order valence-corrected chi connectivity index (χ4v) is 6.42. The maximum atomic E-state index is 6.81. The first-order chi connectivity index (χ1) is 24.6. The molecule has 0 fully saturated rings. The predicted octanol–water partition coefficient (Wildman–Crippen LogP) is 13.0. The van der Waals surface area contributed by atoms with Crippen LogP contribution in [-0.4, -0.2) is 7.05 Å². The smallest absolute Gasteiger partial charge is 0.153 e. The number of ether oxygens (including phenoxy) is 1. The van der Waals surface area contributed by atoms with E-state index in [4.69, 9.17) is 4.74 Å². The predicted molar refractivity (Wildman–Crippen MR) is 210 cm³/mol. The van der Waals surface area contributed by atoms with Gasteiger partial charge in [-0.15, -0.1) is 0 Å². The molecule has 50 heavy (non-hydrogen) atoms. The number of rotatable bonds is 8. The van der Waals surface area contributed by atoms with Gasteiger partial charge in [0.1, 0.15) is 0 Å². The molecule has 0 N–H and O–H groups in total. The summed E-state index contributed by atoms with van der Waals surface area (Å²) in [5.74, 6) is 1.59. The van der Waals surface area contributed by atoms with Crippen molar-refractivity contribution in [3.63, 3.8) is 0 Å². The van der Waals surface area contributed by atoms with Gasteiger partial charge in [0.15, 0.2) is 11.5 Å². The fourth-order valence-electron chi connectivity index (χ4n) is 6.42. The number of para-hydroxylation sites is 3. The van der Waals surface area contributed by atoms with Gasteiger partial charge in [-0.25, -0.2) is 0 Å². The van der Waals surface area contributed by atoms with E-state index in [1.165, 1.54) is 11.1 Å². The van der Waals surface area contributed by atoms with E-state index in [0.29, 0.717) is 0 Å². The molecular formula is C46H37N3O. The van der Waals surface area contributed by atoms with Gasteiger partial charge in [-0.05, 0) is 90.8 Å². The van der Waals surface area contributed by atoms with Gasteiger partial charge in [0, 0.05) is 53.3 Å². The summed E-state index contributed by atoms with van der Waals surface area (Å²) in [5.41, 5.74) is 11.9. The van der Waals surface area contributed by atoms with E-state index in [1.54, 1.807) is 0 Å². The first-order valence-corrected chi connectivity index (χ1v) is 16.9. The molecule has 1 aliphatic rings. The number of anilines is 8. The zero-order valence-corrected chi connectivity index (χ0v) is 28.1. The van der Waals surface area contributed by atoms with Crippen LogP contribution in [0, 0.1) is 6.92 Å². The monoisotopic (exact) mass is 647 g/mol. The van der Waals surface area contributed by atoms with Crippen LogP contribution in [0.4, 0.5) is 45.5 Å². The number of fused-ring (bicyclic) bond motifs is 2. The molecule has 0 aromatic heterocycles. The Balaban J connectivity index is 1.18. The van der Waals surface area contributed by atoms with Crippen LogP contribution in [0.15, 0.2) is 176 Å². The molecular weight excluding hydrogens is 611 g/mol. The lowest BCUT2D eigenvalue weighted by Gasteiger charge is -2.35. The molecule has 0 bridgehead atoms. The lowest BCUT2D eigenvalue weighted by Crippen LogP contribution is -2.17. The minimum Gasteiger partial charge on any atom is -0.453 e. The molecule has 0 saturated carbocycles. The lowest BCUT2D eigenvalue weighted by atomic mass is 10.1. The summed E-state index contributed by atoms with van der Waals surface area (Å²) in [6, 6.07) is 61.6. The second-order valence-electron chi connectivity index (χ2n) is 12.5. The van der Waals surface area contributed by atoms with Crippen molar-refractivity contribution < 1.29 is 4.74 Å². The number of benzene rings is 7. The van der Waals surface area contributed by atoms with Crippen molar-refractivity contribution in [2.24, 2.45) is 0 Å². The van der Waals surface area contributed by atoms with Crippen LogP contribution in [-0.2, 0) is 0 Å². The Kier molecular flexibility index (Phi) is 8.34. The third kappa shape index (κ3) is 6.23. The standard InChI is InChI=1S/C46H37N3O/c1-34-18-20-35(21-19-34)22-23-36-24-26-40(27-25-36)48(38-14-8-4-9-15-38)42-29-31-44-46(33-42)50-45-32-41(47(2)37-12-6-3-7-13-37)28-30-43(45)49(44)39-16-10-5-11-17-39/h3-33H,1-2H3/b23-22+. The van der Waals surface area contributed by atoms with Gasteiger partial charge in [0.25, 0.3) is 0 Å². The second kappa shape index (κ2) is 13.5. The number of aryl methyl sites for hydroxylation is 1. The van der Waals surface area contributed by atoms with E-state index < -0.39 is 0 Å². The first-order valence-electron chi connectivity index (χ1n) is 16.9. The third-order valence-corrected chi connectivity index (χ3v) is 9.10. The molecule has 1 aliphatic heterocycles. The third-order valence-electron chi connectivity index (χ3n) is 9.10. The van der Waals surface area contributed by atoms with E-state index in [1.807, 2.05) is 12.1 Å². The Bertz CT molecular complexity index is 2250. The van der Waals surface area contributed by atoms with Crippen LogP contribution >= 0.6 is 0 Å². The van der Waals surface area contributed by atoms with Crippen molar-refractivity contribution in [2.45, 2.75) is 6.92 Å². The molecule has 242 valence electrons. The second-order valence-corrected chi connectivity index (χ2v) is 12.5. The highest BCUT2D eigenvalue weighted by Gasteiger charge is 2.28. The molecule has 7 aromatic rings. The number of hydrogen-bond acceptors (Lipinski definition) is 4. The molecule has 0 aliphatic carbocycles. The summed E-state index contributed by atoms with van der Waals surface area (Å²) in [4.78, 5) is 6.74. The highest BCUT2D eigenvalue weighted by Crippen LogP contribution is 2.53. The normalized spacial score (nSPS) is 11.8. The van der Waals surface area contributed by atoms with Crippen LogP contribution in [0.5, 0.6) is 11.5 Å². The van der Waals surface area contributed by atoms with Gasteiger partial charge in [-0.3, -0.25) is 0 Å². The molecule has 7 aromatic carbocycles. The quantitative estimate of drug-likeness (QED) is 0.153. The van der Waals surface area contributed by atoms with Crippen LogP contribution in [0.3, 0.4) is 0 Å². The maximum absolute atomic E-state index is 6.81. The minimum atomic E-state index is 0.789. The van der Waals surface area contributed by atoms with Crippen molar-refractivity contribution >= 4 is 57.7 Å². The molecule has 4 heteroatoms. The summed E-state index contributed by atoms with van der Waals surface area (Å²) in [7, 11) is 2.09. The van der Waals surface area contributed by atoms with Crippen molar-refractivity contribution in [1.82, 2.24) is 0 Å². The Morgan fingerprint density at radius 1 is 0.460 bits per heavy atom. The molecule has 0 atom stereocenters. The average molecular weight is 648 g/mol. The fraction of sp³-hybridized carbons (Fsp3) is 0.0435. The van der Waals surface area contributed by atoms with E-state index in [-0.39, 0.29) is 0 Å². The van der Waals surface area contributed by atoms with Gasteiger partial charge >= 0.3 is 0 Å². The molecule has 0 unspecified atom stereocenters. The summed E-state index contributed by atoms with van der Waals surface area (Å²) < 4.78 is 6.81. The number of nitrogens with zero attached hydrogens (tertiary/aromatic N) is 3. The topological polar surface area (TPSA) is 19.0 Å². The Labute approximate surface area is 294 Å². The Morgan fingerprint density at radius 2 is 0.920 bits per heavy atom. The van der Waals surface area contributed by atoms with Crippen molar-refractivity contribution in [3.8, 4) is 11.5 Å². The Hall–Kier alpha value is -6.52. The van der Waals surface area contributed by atoms with E-state index >= 15 is 0 Å². The molecule has 4 nitrogen and oxygen atoms in total. The Morgan fingerprint density at radius 3 is 1.52 bits per heavy atom. The molecule has 8 rings (SSSR count). The van der Waals surface area contributed by atoms with Gasteiger partial charge < -0.3 is 19.4 Å². The van der Waals surface area contributed by atoms with Crippen LogP contribution in [0.1, 0.15) is 16.7 Å². The zero-order chi connectivity index (χ0) is 33.9. The van der Waals surface area contributed by atoms with Crippen LogP contribution in [0.25, 0.3) is 12.2 Å². The van der Waals surface area contributed by atoms with Gasteiger partial charge in [0.05, 0.1) is 11.4 Å². The first kappa shape index (κ1) is 30.8. The summed E-state index contributed by atoms with van der Waals surface area (Å²) >= 11 is 0. The summed E-state index contributed by atoms with van der Waals surface area (Å²) in [5, 5.41) is 0. The van der Waals surface area contributed by atoms with E-state index in [0.717, 1.165) is 62.6 Å². The number of hydrogen-bond donors (Lipinski definition) is 0. The molecule has 0 spiro atoms.